The van der Waals surface area contributed by atoms with Crippen molar-refractivity contribution in [2.75, 3.05) is 46.2 Å². The Kier molecular flexibility index (Phi) is 9.36. The van der Waals surface area contributed by atoms with E-state index in [0.29, 0.717) is 26.3 Å². The Bertz CT molecular complexity index is 891. The first-order valence-corrected chi connectivity index (χ1v) is 10.7. The first kappa shape index (κ1) is 24.5. The van der Waals surface area contributed by atoms with Gasteiger partial charge in [-0.25, -0.2) is 9.38 Å². The van der Waals surface area contributed by atoms with Crippen molar-refractivity contribution >= 4 is 29.9 Å². The first-order valence-electron chi connectivity index (χ1n) is 10.7. The van der Waals surface area contributed by atoms with E-state index in [0.717, 1.165) is 48.2 Å². The fourth-order valence-corrected chi connectivity index (χ4v) is 3.78. The maximum Gasteiger partial charge on any atom is 0.231 e. The maximum absolute atomic E-state index is 13.5. The molecule has 2 aromatic rings. The minimum absolute atomic E-state index is 0. The lowest BCUT2D eigenvalue weighted by Crippen LogP contribution is -2.46. The number of hydrogen-bond donors (Lipinski definition) is 2. The molecule has 0 aliphatic carbocycles. The molecule has 2 aliphatic heterocycles. The summed E-state index contributed by atoms with van der Waals surface area (Å²) in [4.78, 5) is 7.10. The topological polar surface area (TPSA) is 67.4 Å². The third-order valence-corrected chi connectivity index (χ3v) is 5.41. The number of nitrogens with one attached hydrogen (secondary N) is 2. The van der Waals surface area contributed by atoms with Crippen LogP contribution in [0.2, 0.25) is 0 Å². The zero-order chi connectivity index (χ0) is 21.5. The molecular weight excluding hydrogens is 526 g/mol. The molecule has 4 rings (SSSR count). The number of guanidine groups is 1. The number of ether oxygens (including phenoxy) is 3. The van der Waals surface area contributed by atoms with Crippen LogP contribution in [-0.4, -0.2) is 57.0 Å². The van der Waals surface area contributed by atoms with Crippen molar-refractivity contribution in [3.63, 3.8) is 0 Å². The van der Waals surface area contributed by atoms with E-state index in [9.17, 15) is 4.39 Å². The molecule has 0 amide bonds. The van der Waals surface area contributed by atoms with Gasteiger partial charge in [-0.05, 0) is 42.3 Å². The van der Waals surface area contributed by atoms with Gasteiger partial charge in [0.15, 0.2) is 17.5 Å². The minimum Gasteiger partial charge on any atom is -0.454 e. The molecule has 174 valence electrons. The number of aliphatic imine (C=N–C) groups is 1. The average Bonchev–Trinajstić information content (AvgIpc) is 3.27. The van der Waals surface area contributed by atoms with Gasteiger partial charge in [0.2, 0.25) is 6.79 Å². The summed E-state index contributed by atoms with van der Waals surface area (Å²) in [6, 6.07) is 12.7. The molecule has 2 heterocycles. The molecule has 7 nitrogen and oxygen atoms in total. The molecule has 0 aromatic heterocycles. The molecule has 2 aromatic carbocycles. The lowest BCUT2D eigenvalue weighted by atomic mass is 10.0. The van der Waals surface area contributed by atoms with E-state index in [2.05, 4.69) is 15.5 Å². The van der Waals surface area contributed by atoms with Crippen molar-refractivity contribution in [3.05, 3.63) is 59.4 Å². The van der Waals surface area contributed by atoms with E-state index in [1.807, 2.05) is 37.3 Å². The summed E-state index contributed by atoms with van der Waals surface area (Å²) < 4.78 is 29.8. The van der Waals surface area contributed by atoms with Crippen molar-refractivity contribution in [2.24, 2.45) is 4.99 Å². The molecule has 1 atom stereocenters. The largest absolute Gasteiger partial charge is 0.454 e. The van der Waals surface area contributed by atoms with Gasteiger partial charge in [-0.15, -0.1) is 24.0 Å². The highest BCUT2D eigenvalue weighted by Crippen LogP contribution is 2.32. The Labute approximate surface area is 205 Å². The van der Waals surface area contributed by atoms with E-state index < -0.39 is 0 Å². The first-order chi connectivity index (χ1) is 15.2. The molecule has 1 saturated heterocycles. The Morgan fingerprint density at radius 3 is 2.56 bits per heavy atom. The summed E-state index contributed by atoms with van der Waals surface area (Å²) in [6.45, 7) is 7.32. The summed E-state index contributed by atoms with van der Waals surface area (Å²) >= 11 is 0. The van der Waals surface area contributed by atoms with E-state index in [1.54, 1.807) is 0 Å². The SMILES string of the molecule is CCNC(=NCc1ccc2c(c1)OCO2)NCC(c1ccc(F)cc1)N1CCOCC1.I. The van der Waals surface area contributed by atoms with Gasteiger partial charge in [-0.3, -0.25) is 4.90 Å². The predicted molar refractivity (Wildman–Crippen MR) is 132 cm³/mol. The summed E-state index contributed by atoms with van der Waals surface area (Å²) in [5.41, 5.74) is 2.12. The van der Waals surface area contributed by atoms with Crippen LogP contribution in [0.3, 0.4) is 0 Å². The van der Waals surface area contributed by atoms with Gasteiger partial charge in [0.05, 0.1) is 25.8 Å². The van der Waals surface area contributed by atoms with Crippen LogP contribution in [0.15, 0.2) is 47.5 Å². The predicted octanol–water partition coefficient (Wildman–Crippen LogP) is 3.30. The lowest BCUT2D eigenvalue weighted by Gasteiger charge is -2.35. The van der Waals surface area contributed by atoms with Gasteiger partial charge in [0.1, 0.15) is 5.82 Å². The summed E-state index contributed by atoms with van der Waals surface area (Å²) in [5.74, 6) is 2.04. The molecule has 0 spiro atoms. The maximum atomic E-state index is 13.5. The summed E-state index contributed by atoms with van der Waals surface area (Å²) in [6.07, 6.45) is 0. The van der Waals surface area contributed by atoms with Crippen molar-refractivity contribution in [1.82, 2.24) is 15.5 Å². The highest BCUT2D eigenvalue weighted by Gasteiger charge is 2.23. The molecule has 1 unspecified atom stereocenters. The number of hydrogen-bond acceptors (Lipinski definition) is 5. The molecular formula is C23H30FIN4O3. The van der Waals surface area contributed by atoms with Crippen LogP contribution in [-0.2, 0) is 11.3 Å². The Morgan fingerprint density at radius 2 is 1.81 bits per heavy atom. The van der Waals surface area contributed by atoms with Gasteiger partial charge in [0.25, 0.3) is 0 Å². The normalized spacial score (nSPS) is 16.9. The van der Waals surface area contributed by atoms with Crippen molar-refractivity contribution < 1.29 is 18.6 Å². The standard InChI is InChI=1S/C23H29FN4O3.HI/c1-2-25-23(26-14-17-3-8-21-22(13-17)31-16-30-21)27-15-20(28-9-11-29-12-10-28)18-4-6-19(24)7-5-18;/h3-8,13,20H,2,9-12,14-16H2,1H3,(H2,25,26,27);1H. The quantitative estimate of drug-likeness (QED) is 0.310. The smallest absolute Gasteiger partial charge is 0.231 e. The second-order valence-corrected chi connectivity index (χ2v) is 7.48. The van der Waals surface area contributed by atoms with Crippen LogP contribution in [0.1, 0.15) is 24.1 Å². The fraction of sp³-hybridized carbons (Fsp3) is 0.435. The van der Waals surface area contributed by atoms with Crippen LogP contribution in [0.25, 0.3) is 0 Å². The van der Waals surface area contributed by atoms with Crippen LogP contribution >= 0.6 is 24.0 Å². The van der Waals surface area contributed by atoms with Crippen molar-refractivity contribution in [1.29, 1.82) is 0 Å². The van der Waals surface area contributed by atoms with Crippen LogP contribution in [0.4, 0.5) is 4.39 Å². The van der Waals surface area contributed by atoms with Gasteiger partial charge in [-0.1, -0.05) is 18.2 Å². The third-order valence-electron chi connectivity index (χ3n) is 5.41. The molecule has 0 radical (unpaired) electrons. The molecule has 0 bridgehead atoms. The van der Waals surface area contributed by atoms with E-state index >= 15 is 0 Å². The number of benzene rings is 2. The Balaban J connectivity index is 0.00000289. The molecule has 32 heavy (non-hydrogen) atoms. The number of halogens is 2. The van der Waals surface area contributed by atoms with Gasteiger partial charge < -0.3 is 24.8 Å². The monoisotopic (exact) mass is 556 g/mol. The Hall–Kier alpha value is -2.11. The van der Waals surface area contributed by atoms with Crippen molar-refractivity contribution in [2.45, 2.75) is 19.5 Å². The van der Waals surface area contributed by atoms with Crippen molar-refractivity contribution in [3.8, 4) is 11.5 Å². The van der Waals surface area contributed by atoms with Crippen LogP contribution < -0.4 is 20.1 Å². The van der Waals surface area contributed by atoms with Crippen LogP contribution in [0, 0.1) is 5.82 Å². The third kappa shape index (κ3) is 6.46. The van der Waals surface area contributed by atoms with Gasteiger partial charge >= 0.3 is 0 Å². The number of rotatable bonds is 7. The number of nitrogens with zero attached hydrogens (tertiary/aromatic N) is 2. The zero-order valence-electron chi connectivity index (χ0n) is 18.2. The molecule has 2 N–H and O–H groups in total. The van der Waals surface area contributed by atoms with E-state index in [-0.39, 0.29) is 42.6 Å². The molecule has 0 saturated carbocycles. The lowest BCUT2D eigenvalue weighted by molar-refractivity contribution is 0.0170. The second-order valence-electron chi connectivity index (χ2n) is 7.48. The zero-order valence-corrected chi connectivity index (χ0v) is 20.5. The average molecular weight is 556 g/mol. The highest BCUT2D eigenvalue weighted by molar-refractivity contribution is 14.0. The Morgan fingerprint density at radius 1 is 1.06 bits per heavy atom. The fourth-order valence-electron chi connectivity index (χ4n) is 3.78. The van der Waals surface area contributed by atoms with Gasteiger partial charge in [0, 0.05) is 26.2 Å². The summed E-state index contributed by atoms with van der Waals surface area (Å²) in [7, 11) is 0. The highest BCUT2D eigenvalue weighted by atomic mass is 127. The molecule has 1 fully saturated rings. The molecule has 9 heteroatoms. The second kappa shape index (κ2) is 12.2. The summed E-state index contributed by atoms with van der Waals surface area (Å²) in [5, 5.41) is 6.76. The van der Waals surface area contributed by atoms with E-state index in [1.165, 1.54) is 12.1 Å². The van der Waals surface area contributed by atoms with Gasteiger partial charge in [-0.2, -0.15) is 0 Å². The molecule has 2 aliphatic rings. The number of morpholine rings is 1. The number of fused-ring (bicyclic) bond motifs is 1. The van der Waals surface area contributed by atoms with Crippen LogP contribution in [0.5, 0.6) is 11.5 Å². The van der Waals surface area contributed by atoms with E-state index in [4.69, 9.17) is 19.2 Å². The minimum atomic E-state index is -0.226.